The Kier molecular flexibility index (Phi) is 4.22. The highest BCUT2D eigenvalue weighted by atomic mass is 16.5. The first-order valence-electron chi connectivity index (χ1n) is 8.94. The molecule has 2 aromatic rings. The Morgan fingerprint density at radius 1 is 1.16 bits per heavy atom. The maximum Gasteiger partial charge on any atom is 0.235 e. The van der Waals surface area contributed by atoms with Crippen LogP contribution >= 0.6 is 0 Å². The fourth-order valence-electron chi connectivity index (χ4n) is 4.21. The molecule has 25 heavy (non-hydrogen) atoms. The lowest BCUT2D eigenvalue weighted by molar-refractivity contribution is -0.124. The molecule has 0 radical (unpaired) electrons. The lowest BCUT2D eigenvalue weighted by Crippen LogP contribution is -2.48. The maximum absolute atomic E-state index is 12.1. The van der Waals surface area contributed by atoms with Crippen LogP contribution in [-0.2, 0) is 37.1 Å². The zero-order chi connectivity index (χ0) is 17.4. The van der Waals surface area contributed by atoms with E-state index in [9.17, 15) is 4.79 Å². The molecular weight excluding hydrogens is 312 g/mol. The second-order valence-corrected chi connectivity index (χ2v) is 7.08. The second-order valence-electron chi connectivity index (χ2n) is 7.08. The fourth-order valence-corrected chi connectivity index (χ4v) is 4.21. The van der Waals surface area contributed by atoms with Gasteiger partial charge in [-0.05, 0) is 54.0 Å². The standard InChI is InChI=1S/C21H24N2O2/c1-25-20-11-16-8-4-7-14(16)9-18(20)13-23-12-17-6-3-2-5-15(17)10-19(23)21(22)24/h2-3,5-6,9,11,19H,4,7-8,10,12-13H2,1H3,(H2,22,24). The van der Waals surface area contributed by atoms with E-state index in [4.69, 9.17) is 10.5 Å². The number of nitrogens with two attached hydrogens (primary N) is 1. The zero-order valence-corrected chi connectivity index (χ0v) is 14.6. The van der Waals surface area contributed by atoms with Crippen molar-refractivity contribution in [1.29, 1.82) is 0 Å². The molecule has 2 aromatic carbocycles. The molecule has 4 rings (SSSR count). The monoisotopic (exact) mass is 336 g/mol. The van der Waals surface area contributed by atoms with Crippen LogP contribution < -0.4 is 10.5 Å². The Morgan fingerprint density at radius 2 is 1.88 bits per heavy atom. The van der Waals surface area contributed by atoms with E-state index in [1.54, 1.807) is 7.11 Å². The lowest BCUT2D eigenvalue weighted by atomic mass is 9.93. The number of methoxy groups -OCH3 is 1. The summed E-state index contributed by atoms with van der Waals surface area (Å²) in [5.74, 6) is 0.664. The van der Waals surface area contributed by atoms with Crippen LogP contribution in [0.25, 0.3) is 0 Å². The Morgan fingerprint density at radius 3 is 2.60 bits per heavy atom. The van der Waals surface area contributed by atoms with E-state index in [2.05, 4.69) is 35.2 Å². The maximum atomic E-state index is 12.1. The van der Waals surface area contributed by atoms with Crippen molar-refractivity contribution in [1.82, 2.24) is 4.90 Å². The quantitative estimate of drug-likeness (QED) is 0.934. The minimum atomic E-state index is -0.270. The number of fused-ring (bicyclic) bond motifs is 2. The Balaban J connectivity index is 1.66. The van der Waals surface area contributed by atoms with Gasteiger partial charge in [0.2, 0.25) is 5.91 Å². The summed E-state index contributed by atoms with van der Waals surface area (Å²) in [6.07, 6.45) is 4.16. The van der Waals surface area contributed by atoms with Crippen molar-refractivity contribution in [3.05, 3.63) is 64.2 Å². The number of carbonyl (C=O) groups is 1. The normalized spacial score (nSPS) is 19.3. The van der Waals surface area contributed by atoms with Gasteiger partial charge in [0.05, 0.1) is 13.2 Å². The molecule has 1 unspecified atom stereocenters. The number of carbonyl (C=O) groups excluding carboxylic acids is 1. The first kappa shape index (κ1) is 16.2. The third-order valence-corrected chi connectivity index (χ3v) is 5.54. The number of hydrogen-bond donors (Lipinski definition) is 1. The van der Waals surface area contributed by atoms with Gasteiger partial charge in [-0.3, -0.25) is 9.69 Å². The summed E-state index contributed by atoms with van der Waals surface area (Å²) in [6.45, 7) is 1.42. The van der Waals surface area contributed by atoms with Crippen molar-refractivity contribution in [2.75, 3.05) is 7.11 Å². The molecular formula is C21H24N2O2. The average molecular weight is 336 g/mol. The topological polar surface area (TPSA) is 55.6 Å². The SMILES string of the molecule is COc1cc2c(cc1CN1Cc3ccccc3CC1C(N)=O)CCC2. The van der Waals surface area contributed by atoms with Gasteiger partial charge in [0, 0.05) is 18.7 Å². The largest absolute Gasteiger partial charge is 0.496 e. The van der Waals surface area contributed by atoms with Crippen LogP contribution in [0.4, 0.5) is 0 Å². The van der Waals surface area contributed by atoms with E-state index < -0.39 is 0 Å². The molecule has 1 aliphatic carbocycles. The van der Waals surface area contributed by atoms with Gasteiger partial charge in [0.15, 0.2) is 0 Å². The van der Waals surface area contributed by atoms with Crippen molar-refractivity contribution in [3.8, 4) is 5.75 Å². The average Bonchev–Trinajstić information content (AvgIpc) is 3.07. The highest BCUT2D eigenvalue weighted by Crippen LogP contribution is 2.32. The van der Waals surface area contributed by atoms with Crippen molar-refractivity contribution in [2.45, 2.75) is 44.8 Å². The number of hydrogen-bond acceptors (Lipinski definition) is 3. The van der Waals surface area contributed by atoms with Crippen molar-refractivity contribution < 1.29 is 9.53 Å². The highest BCUT2D eigenvalue weighted by molar-refractivity contribution is 5.80. The minimum absolute atomic E-state index is 0.255. The lowest BCUT2D eigenvalue weighted by Gasteiger charge is -2.35. The molecule has 2 N–H and O–H groups in total. The van der Waals surface area contributed by atoms with Crippen LogP contribution in [0.15, 0.2) is 36.4 Å². The van der Waals surface area contributed by atoms with Crippen LogP contribution in [0.1, 0.15) is 34.2 Å². The second kappa shape index (κ2) is 6.52. The summed E-state index contributed by atoms with van der Waals surface area (Å²) in [6, 6.07) is 12.5. The Hall–Kier alpha value is -2.33. The summed E-state index contributed by atoms with van der Waals surface area (Å²) >= 11 is 0. The van der Waals surface area contributed by atoms with E-state index in [0.717, 1.165) is 30.7 Å². The van der Waals surface area contributed by atoms with Gasteiger partial charge >= 0.3 is 0 Å². The Bertz CT molecular complexity index is 816. The predicted octanol–water partition coefficient (Wildman–Crippen LogP) is 2.60. The van der Waals surface area contributed by atoms with E-state index in [0.29, 0.717) is 13.0 Å². The number of ether oxygens (including phenoxy) is 1. The van der Waals surface area contributed by atoms with Crippen LogP contribution in [0.3, 0.4) is 0 Å². The molecule has 4 heteroatoms. The van der Waals surface area contributed by atoms with E-state index >= 15 is 0 Å². The van der Waals surface area contributed by atoms with E-state index in [1.807, 2.05) is 6.07 Å². The van der Waals surface area contributed by atoms with Gasteiger partial charge in [0.1, 0.15) is 5.75 Å². The number of aryl methyl sites for hydroxylation is 2. The number of rotatable bonds is 4. The smallest absolute Gasteiger partial charge is 0.235 e. The van der Waals surface area contributed by atoms with Crippen molar-refractivity contribution >= 4 is 5.91 Å². The van der Waals surface area contributed by atoms with Crippen LogP contribution in [0.5, 0.6) is 5.75 Å². The van der Waals surface area contributed by atoms with Crippen LogP contribution in [0.2, 0.25) is 0 Å². The van der Waals surface area contributed by atoms with Gasteiger partial charge < -0.3 is 10.5 Å². The third-order valence-electron chi connectivity index (χ3n) is 5.54. The van der Waals surface area contributed by atoms with Gasteiger partial charge in [-0.2, -0.15) is 0 Å². The van der Waals surface area contributed by atoms with E-state index in [-0.39, 0.29) is 11.9 Å². The molecule has 1 atom stereocenters. The van der Waals surface area contributed by atoms with E-state index in [1.165, 1.54) is 28.7 Å². The van der Waals surface area contributed by atoms with Crippen LogP contribution in [-0.4, -0.2) is 24.0 Å². The van der Waals surface area contributed by atoms with Crippen molar-refractivity contribution in [2.24, 2.45) is 5.73 Å². The molecule has 1 aliphatic heterocycles. The summed E-state index contributed by atoms with van der Waals surface area (Å²) in [4.78, 5) is 14.2. The zero-order valence-electron chi connectivity index (χ0n) is 14.6. The van der Waals surface area contributed by atoms with Gasteiger partial charge in [-0.25, -0.2) is 0 Å². The van der Waals surface area contributed by atoms with Gasteiger partial charge in [-0.15, -0.1) is 0 Å². The molecule has 1 amide bonds. The molecule has 0 fully saturated rings. The molecule has 0 saturated heterocycles. The molecule has 1 heterocycles. The van der Waals surface area contributed by atoms with Gasteiger partial charge in [0.25, 0.3) is 0 Å². The van der Waals surface area contributed by atoms with Gasteiger partial charge in [-0.1, -0.05) is 30.3 Å². The number of primary amides is 1. The molecule has 0 bridgehead atoms. The Labute approximate surface area is 148 Å². The first-order chi connectivity index (χ1) is 12.2. The predicted molar refractivity (Wildman–Crippen MR) is 97.4 cm³/mol. The third kappa shape index (κ3) is 3.02. The van der Waals surface area contributed by atoms with Crippen LogP contribution in [0, 0.1) is 0 Å². The molecule has 0 aromatic heterocycles. The first-order valence-corrected chi connectivity index (χ1v) is 8.94. The summed E-state index contributed by atoms with van der Waals surface area (Å²) in [7, 11) is 1.72. The molecule has 0 saturated carbocycles. The summed E-state index contributed by atoms with van der Waals surface area (Å²) in [5.41, 5.74) is 12.2. The molecule has 0 spiro atoms. The van der Waals surface area contributed by atoms with Crippen molar-refractivity contribution in [3.63, 3.8) is 0 Å². The minimum Gasteiger partial charge on any atom is -0.496 e. The summed E-state index contributed by atoms with van der Waals surface area (Å²) < 4.78 is 5.63. The molecule has 130 valence electrons. The number of amides is 1. The summed E-state index contributed by atoms with van der Waals surface area (Å²) in [5, 5.41) is 0. The molecule has 4 nitrogen and oxygen atoms in total. The number of nitrogens with zero attached hydrogens (tertiary/aromatic N) is 1. The molecule has 2 aliphatic rings. The highest BCUT2D eigenvalue weighted by Gasteiger charge is 2.30. The number of benzene rings is 2. The fraction of sp³-hybridized carbons (Fsp3) is 0.381.